The Hall–Kier alpha value is -1.74. The van der Waals surface area contributed by atoms with Crippen molar-refractivity contribution < 1.29 is 13.2 Å². The van der Waals surface area contributed by atoms with Gasteiger partial charge >= 0.3 is 6.18 Å². The van der Waals surface area contributed by atoms with Crippen LogP contribution in [0.2, 0.25) is 5.02 Å². The number of hydrogen-bond acceptors (Lipinski definition) is 0. The second-order valence-corrected chi connectivity index (χ2v) is 6.55. The normalized spacial score (nSPS) is 20.2. The molecule has 0 spiro atoms. The standard InChI is InChI=1S/C19H14ClF3/c20-18-10-16-12(9-17(18)19(21,22)23)6-8-14-13-4-2-1-3-11(13)5-7-15(14)16/h3,5-10,13H,1-2,4H2/t13-/m0/s1. The summed E-state index contributed by atoms with van der Waals surface area (Å²) < 4.78 is 39.1. The molecule has 0 fully saturated rings. The largest absolute Gasteiger partial charge is 0.417 e. The molecule has 4 rings (SSSR count). The minimum absolute atomic E-state index is 0.239. The summed E-state index contributed by atoms with van der Waals surface area (Å²) >= 11 is 5.91. The fourth-order valence-corrected chi connectivity index (χ4v) is 3.96. The maximum Gasteiger partial charge on any atom is 0.417 e. The zero-order chi connectivity index (χ0) is 16.2. The lowest BCUT2D eigenvalue weighted by atomic mass is 9.76. The number of hydrogen-bond donors (Lipinski definition) is 0. The molecular formula is C19H14ClF3. The Morgan fingerprint density at radius 3 is 2.70 bits per heavy atom. The molecule has 2 aromatic rings. The van der Waals surface area contributed by atoms with Crippen molar-refractivity contribution in [1.82, 2.24) is 0 Å². The summed E-state index contributed by atoms with van der Waals surface area (Å²) in [6.07, 6.45) is 5.26. The van der Waals surface area contributed by atoms with Gasteiger partial charge in [0.1, 0.15) is 0 Å². The monoisotopic (exact) mass is 334 g/mol. The Morgan fingerprint density at radius 2 is 1.91 bits per heavy atom. The van der Waals surface area contributed by atoms with Crippen molar-refractivity contribution in [1.29, 1.82) is 0 Å². The first-order valence-electron chi connectivity index (χ1n) is 7.66. The summed E-state index contributed by atoms with van der Waals surface area (Å²) in [5.41, 5.74) is 2.75. The van der Waals surface area contributed by atoms with Crippen LogP contribution in [0.25, 0.3) is 16.8 Å². The van der Waals surface area contributed by atoms with Crippen LogP contribution in [0.4, 0.5) is 13.2 Å². The molecule has 0 N–H and O–H groups in total. The number of allylic oxidation sites excluding steroid dienone is 3. The summed E-state index contributed by atoms with van der Waals surface area (Å²) in [6.45, 7) is 0. The van der Waals surface area contributed by atoms with E-state index in [0.29, 0.717) is 11.3 Å². The Kier molecular flexibility index (Phi) is 3.31. The van der Waals surface area contributed by atoms with Crippen molar-refractivity contribution in [3.05, 3.63) is 63.7 Å². The molecule has 2 aliphatic carbocycles. The van der Waals surface area contributed by atoms with Crippen molar-refractivity contribution >= 4 is 28.4 Å². The van der Waals surface area contributed by atoms with E-state index in [1.54, 1.807) is 6.07 Å². The van der Waals surface area contributed by atoms with Crippen LogP contribution < -0.4 is 0 Å². The number of fused-ring (bicyclic) bond motifs is 5. The second-order valence-electron chi connectivity index (χ2n) is 6.14. The van der Waals surface area contributed by atoms with Gasteiger partial charge in [0, 0.05) is 5.92 Å². The van der Waals surface area contributed by atoms with Gasteiger partial charge in [-0.2, -0.15) is 13.2 Å². The van der Waals surface area contributed by atoms with Crippen LogP contribution in [0.15, 0.2) is 42.0 Å². The molecule has 0 amide bonds. The Balaban J connectivity index is 1.95. The van der Waals surface area contributed by atoms with Crippen molar-refractivity contribution in [2.45, 2.75) is 31.4 Å². The van der Waals surface area contributed by atoms with Gasteiger partial charge < -0.3 is 0 Å². The predicted molar refractivity (Wildman–Crippen MR) is 87.7 cm³/mol. The zero-order valence-corrected chi connectivity index (χ0v) is 13.0. The average Bonchev–Trinajstić information content (AvgIpc) is 2.52. The van der Waals surface area contributed by atoms with Crippen molar-refractivity contribution in [3.63, 3.8) is 0 Å². The molecule has 0 heterocycles. The summed E-state index contributed by atoms with van der Waals surface area (Å²) in [6, 6.07) is 6.36. The van der Waals surface area contributed by atoms with Crippen LogP contribution in [-0.2, 0) is 6.18 Å². The molecule has 1 atom stereocenters. The molecule has 0 aromatic heterocycles. The second kappa shape index (κ2) is 5.13. The van der Waals surface area contributed by atoms with E-state index < -0.39 is 11.7 Å². The van der Waals surface area contributed by atoms with E-state index in [4.69, 9.17) is 11.6 Å². The average molecular weight is 335 g/mol. The number of alkyl halides is 3. The molecule has 0 aliphatic heterocycles. The fourth-order valence-electron chi connectivity index (χ4n) is 3.69. The highest BCUT2D eigenvalue weighted by Gasteiger charge is 2.34. The maximum absolute atomic E-state index is 13.0. The van der Waals surface area contributed by atoms with E-state index >= 15 is 0 Å². The molecule has 23 heavy (non-hydrogen) atoms. The highest BCUT2D eigenvalue weighted by atomic mass is 35.5. The van der Waals surface area contributed by atoms with Gasteiger partial charge in [0.05, 0.1) is 10.6 Å². The molecule has 0 unspecified atom stereocenters. The van der Waals surface area contributed by atoms with Gasteiger partial charge in [0.15, 0.2) is 0 Å². The molecule has 0 saturated carbocycles. The van der Waals surface area contributed by atoms with Gasteiger partial charge in [0.25, 0.3) is 0 Å². The zero-order valence-electron chi connectivity index (χ0n) is 12.3. The molecule has 0 bridgehead atoms. The van der Waals surface area contributed by atoms with Crippen LogP contribution in [0.5, 0.6) is 0 Å². The highest BCUT2D eigenvalue weighted by molar-refractivity contribution is 6.32. The molecule has 118 valence electrons. The third-order valence-electron chi connectivity index (χ3n) is 4.79. The van der Waals surface area contributed by atoms with Crippen LogP contribution in [0, 0.1) is 0 Å². The summed E-state index contributed by atoms with van der Waals surface area (Å²) in [4.78, 5) is 0. The van der Waals surface area contributed by atoms with Crippen molar-refractivity contribution in [2.75, 3.05) is 0 Å². The van der Waals surface area contributed by atoms with Gasteiger partial charge in [-0.15, -0.1) is 0 Å². The quantitative estimate of drug-likeness (QED) is 0.501. The first-order valence-corrected chi connectivity index (χ1v) is 8.04. The van der Waals surface area contributed by atoms with E-state index in [2.05, 4.69) is 12.2 Å². The smallest absolute Gasteiger partial charge is 0.166 e. The van der Waals surface area contributed by atoms with E-state index in [1.165, 1.54) is 17.2 Å². The third kappa shape index (κ3) is 2.38. The molecule has 4 heteroatoms. The molecule has 0 nitrogen and oxygen atoms in total. The summed E-state index contributed by atoms with van der Waals surface area (Å²) in [7, 11) is 0. The van der Waals surface area contributed by atoms with Gasteiger partial charge in [-0.1, -0.05) is 42.0 Å². The first kappa shape index (κ1) is 14.8. The van der Waals surface area contributed by atoms with Crippen molar-refractivity contribution in [3.8, 4) is 0 Å². The van der Waals surface area contributed by atoms with Gasteiger partial charge in [-0.3, -0.25) is 0 Å². The van der Waals surface area contributed by atoms with E-state index in [1.807, 2.05) is 12.1 Å². The summed E-state index contributed by atoms with van der Waals surface area (Å²) in [5.74, 6) is 0.356. The first-order chi connectivity index (χ1) is 10.9. The molecule has 2 aliphatic rings. The lowest BCUT2D eigenvalue weighted by molar-refractivity contribution is -0.137. The molecule has 2 aromatic carbocycles. The maximum atomic E-state index is 13.0. The predicted octanol–water partition coefficient (Wildman–Crippen LogP) is 6.73. The summed E-state index contributed by atoms with van der Waals surface area (Å²) in [5, 5.41) is 1.13. The lowest BCUT2D eigenvalue weighted by Crippen LogP contribution is -2.11. The fraction of sp³-hybridized carbons (Fsp3) is 0.263. The molecule has 0 saturated heterocycles. The van der Waals surface area contributed by atoms with Gasteiger partial charge in [0.2, 0.25) is 0 Å². The van der Waals surface area contributed by atoms with E-state index in [-0.39, 0.29) is 5.02 Å². The van der Waals surface area contributed by atoms with E-state index in [9.17, 15) is 13.2 Å². The van der Waals surface area contributed by atoms with E-state index in [0.717, 1.165) is 36.3 Å². The Morgan fingerprint density at radius 1 is 1.09 bits per heavy atom. The topological polar surface area (TPSA) is 0 Å². The van der Waals surface area contributed by atoms with Gasteiger partial charge in [-0.05, 0) is 58.9 Å². The minimum Gasteiger partial charge on any atom is -0.166 e. The minimum atomic E-state index is -4.43. The van der Waals surface area contributed by atoms with Crippen molar-refractivity contribution in [2.24, 2.45) is 0 Å². The molecular weight excluding hydrogens is 321 g/mol. The van der Waals surface area contributed by atoms with Gasteiger partial charge in [-0.25, -0.2) is 0 Å². The van der Waals surface area contributed by atoms with Crippen LogP contribution in [-0.4, -0.2) is 0 Å². The van der Waals surface area contributed by atoms with Crippen LogP contribution >= 0.6 is 11.6 Å². The third-order valence-corrected chi connectivity index (χ3v) is 5.10. The van der Waals surface area contributed by atoms with Crippen LogP contribution in [0.1, 0.15) is 41.9 Å². The number of halogens is 4. The SMILES string of the molecule is FC(F)(F)c1cc2ccc3c(c2cc1Cl)C=CC1=CCCC[C@@H]13. The lowest BCUT2D eigenvalue weighted by Gasteiger charge is -2.28. The number of benzene rings is 2. The highest BCUT2D eigenvalue weighted by Crippen LogP contribution is 2.44. The number of rotatable bonds is 0. The van der Waals surface area contributed by atoms with Crippen LogP contribution in [0.3, 0.4) is 0 Å². The Labute approximate surface area is 137 Å². The molecule has 0 radical (unpaired) electrons. The Bertz CT molecular complexity index is 859.